The maximum atomic E-state index is 11.9. The lowest BCUT2D eigenvalue weighted by molar-refractivity contribution is 0.704. The summed E-state index contributed by atoms with van der Waals surface area (Å²) in [6.07, 6.45) is 0.954. The minimum absolute atomic E-state index is 0.166. The van der Waals surface area contributed by atoms with Gasteiger partial charge in [-0.2, -0.15) is 5.10 Å². The summed E-state index contributed by atoms with van der Waals surface area (Å²) in [5.74, 6) is 1.11. The van der Waals surface area contributed by atoms with Crippen molar-refractivity contribution in [3.05, 3.63) is 93.7 Å². The molecule has 1 aromatic heterocycles. The van der Waals surface area contributed by atoms with Gasteiger partial charge in [-0.3, -0.25) is 4.79 Å². The van der Waals surface area contributed by atoms with Crippen molar-refractivity contribution in [3.8, 4) is 11.1 Å². The molecule has 4 nitrogen and oxygen atoms in total. The molecule has 4 aromatic rings. The van der Waals surface area contributed by atoms with Crippen molar-refractivity contribution in [1.82, 2.24) is 10.2 Å². The Morgan fingerprint density at radius 1 is 0.931 bits per heavy atom. The summed E-state index contributed by atoms with van der Waals surface area (Å²) >= 11 is 5.97. The quantitative estimate of drug-likeness (QED) is 0.424. The van der Waals surface area contributed by atoms with Crippen LogP contribution in [0.3, 0.4) is 0 Å². The van der Waals surface area contributed by atoms with E-state index < -0.39 is 0 Å². The lowest BCUT2D eigenvalue weighted by Gasteiger charge is -2.14. The number of anilines is 1. The number of benzene rings is 3. The molecule has 5 heteroatoms. The van der Waals surface area contributed by atoms with Crippen molar-refractivity contribution in [2.24, 2.45) is 0 Å². The van der Waals surface area contributed by atoms with Gasteiger partial charge in [0.05, 0.1) is 5.39 Å². The highest BCUT2D eigenvalue weighted by molar-refractivity contribution is 6.30. The summed E-state index contributed by atoms with van der Waals surface area (Å²) in [4.78, 5) is 11.9. The van der Waals surface area contributed by atoms with Crippen molar-refractivity contribution in [2.75, 3.05) is 11.9 Å². The monoisotopic (exact) mass is 403 g/mol. The zero-order valence-corrected chi connectivity index (χ0v) is 16.9. The number of hydrogen-bond acceptors (Lipinski definition) is 3. The SMILES string of the molecule is CC(CCNc1n[nH]c(=O)c2ccccc12)c1ccc(-c2ccc(Cl)cc2)cc1. The minimum atomic E-state index is -0.166. The molecule has 0 aliphatic carbocycles. The van der Waals surface area contributed by atoms with Crippen LogP contribution in [0.5, 0.6) is 0 Å². The van der Waals surface area contributed by atoms with Gasteiger partial charge in [-0.15, -0.1) is 0 Å². The summed E-state index contributed by atoms with van der Waals surface area (Å²) in [5.41, 5.74) is 3.47. The fourth-order valence-corrected chi connectivity index (χ4v) is 3.60. The molecule has 0 saturated heterocycles. The molecule has 2 N–H and O–H groups in total. The molecule has 1 atom stereocenters. The first-order chi connectivity index (χ1) is 14.1. The lowest BCUT2D eigenvalue weighted by atomic mass is 9.95. The van der Waals surface area contributed by atoms with Crippen LogP contribution in [0.4, 0.5) is 5.82 Å². The molecule has 4 rings (SSSR count). The third kappa shape index (κ3) is 4.33. The number of aromatic amines is 1. The largest absolute Gasteiger partial charge is 0.368 e. The predicted octanol–water partition coefficient (Wildman–Crippen LogP) is 5.85. The van der Waals surface area contributed by atoms with E-state index in [1.165, 1.54) is 11.1 Å². The first-order valence-corrected chi connectivity index (χ1v) is 10.1. The molecule has 1 heterocycles. The Balaban J connectivity index is 1.40. The fourth-order valence-electron chi connectivity index (χ4n) is 3.47. The topological polar surface area (TPSA) is 57.8 Å². The number of H-pyrrole nitrogens is 1. The molecular formula is C24H22ClN3O. The zero-order chi connectivity index (χ0) is 20.2. The van der Waals surface area contributed by atoms with E-state index in [9.17, 15) is 4.79 Å². The maximum Gasteiger partial charge on any atom is 0.272 e. The van der Waals surface area contributed by atoms with Gasteiger partial charge in [0.2, 0.25) is 0 Å². The van der Waals surface area contributed by atoms with Crippen molar-refractivity contribution in [3.63, 3.8) is 0 Å². The molecule has 0 spiro atoms. The van der Waals surface area contributed by atoms with E-state index in [0.717, 1.165) is 28.9 Å². The van der Waals surface area contributed by atoms with E-state index in [1.54, 1.807) is 0 Å². The fraction of sp³-hybridized carbons (Fsp3) is 0.167. The highest BCUT2D eigenvalue weighted by Crippen LogP contribution is 2.26. The Morgan fingerprint density at radius 3 is 2.24 bits per heavy atom. The maximum absolute atomic E-state index is 11.9. The molecule has 0 amide bonds. The minimum Gasteiger partial charge on any atom is -0.368 e. The number of hydrogen-bond donors (Lipinski definition) is 2. The molecule has 0 radical (unpaired) electrons. The Bertz CT molecular complexity index is 1170. The summed E-state index contributed by atoms with van der Waals surface area (Å²) in [6.45, 7) is 2.99. The number of halogens is 1. The molecule has 0 bridgehead atoms. The Labute approximate surface area is 174 Å². The molecular weight excluding hydrogens is 382 g/mol. The highest BCUT2D eigenvalue weighted by Gasteiger charge is 2.09. The van der Waals surface area contributed by atoms with Crippen LogP contribution in [-0.2, 0) is 0 Å². The van der Waals surface area contributed by atoms with Gasteiger partial charge in [0.15, 0.2) is 5.82 Å². The van der Waals surface area contributed by atoms with E-state index >= 15 is 0 Å². The summed E-state index contributed by atoms with van der Waals surface area (Å²) < 4.78 is 0. The molecule has 3 aromatic carbocycles. The normalized spacial score (nSPS) is 12.1. The highest BCUT2D eigenvalue weighted by atomic mass is 35.5. The Kier molecular flexibility index (Phi) is 5.63. The van der Waals surface area contributed by atoms with Crippen LogP contribution in [0.15, 0.2) is 77.6 Å². The number of nitrogens with zero attached hydrogens (tertiary/aromatic N) is 1. The van der Waals surface area contributed by atoms with Crippen LogP contribution in [0.2, 0.25) is 5.02 Å². The zero-order valence-electron chi connectivity index (χ0n) is 16.2. The van der Waals surface area contributed by atoms with E-state index in [0.29, 0.717) is 17.1 Å². The van der Waals surface area contributed by atoms with Gasteiger partial charge in [0.25, 0.3) is 5.56 Å². The molecule has 0 saturated carbocycles. The van der Waals surface area contributed by atoms with Crippen LogP contribution in [0.1, 0.15) is 24.8 Å². The van der Waals surface area contributed by atoms with Crippen LogP contribution >= 0.6 is 11.6 Å². The number of rotatable bonds is 6. The van der Waals surface area contributed by atoms with Crippen LogP contribution in [0.25, 0.3) is 21.9 Å². The predicted molar refractivity (Wildman–Crippen MR) is 121 cm³/mol. The van der Waals surface area contributed by atoms with Crippen molar-refractivity contribution in [1.29, 1.82) is 0 Å². The van der Waals surface area contributed by atoms with Crippen molar-refractivity contribution >= 4 is 28.2 Å². The number of aromatic nitrogens is 2. The van der Waals surface area contributed by atoms with Gasteiger partial charge in [-0.1, -0.05) is 73.1 Å². The van der Waals surface area contributed by atoms with E-state index in [1.807, 2.05) is 48.5 Å². The third-order valence-electron chi connectivity index (χ3n) is 5.22. The lowest BCUT2D eigenvalue weighted by Crippen LogP contribution is -2.13. The number of nitrogens with one attached hydrogen (secondary N) is 2. The molecule has 29 heavy (non-hydrogen) atoms. The summed E-state index contributed by atoms with van der Waals surface area (Å²) in [7, 11) is 0. The molecule has 1 unspecified atom stereocenters. The molecule has 0 fully saturated rings. The smallest absolute Gasteiger partial charge is 0.272 e. The second kappa shape index (κ2) is 8.50. The first kappa shape index (κ1) is 19.2. The summed E-state index contributed by atoms with van der Waals surface area (Å²) in [5, 5.41) is 12.3. The van der Waals surface area contributed by atoms with Gasteiger partial charge in [-0.05, 0) is 47.2 Å². The van der Waals surface area contributed by atoms with E-state index in [2.05, 4.69) is 46.7 Å². The van der Waals surface area contributed by atoms with Gasteiger partial charge in [-0.25, -0.2) is 5.10 Å². The van der Waals surface area contributed by atoms with E-state index in [-0.39, 0.29) is 5.56 Å². The van der Waals surface area contributed by atoms with Gasteiger partial charge in [0, 0.05) is 17.0 Å². The van der Waals surface area contributed by atoms with Crippen LogP contribution in [0, 0.1) is 0 Å². The number of fused-ring (bicyclic) bond motifs is 1. The molecule has 146 valence electrons. The van der Waals surface area contributed by atoms with Gasteiger partial charge in [0.1, 0.15) is 0 Å². The van der Waals surface area contributed by atoms with Crippen molar-refractivity contribution < 1.29 is 0 Å². The first-order valence-electron chi connectivity index (χ1n) is 9.69. The third-order valence-corrected chi connectivity index (χ3v) is 5.48. The van der Waals surface area contributed by atoms with E-state index in [4.69, 9.17) is 11.6 Å². The Morgan fingerprint density at radius 2 is 1.55 bits per heavy atom. The average molecular weight is 404 g/mol. The van der Waals surface area contributed by atoms with Crippen LogP contribution in [-0.4, -0.2) is 16.7 Å². The summed E-state index contributed by atoms with van der Waals surface area (Å²) in [6, 6.07) is 24.1. The second-order valence-electron chi connectivity index (χ2n) is 7.19. The van der Waals surface area contributed by atoms with Gasteiger partial charge < -0.3 is 5.32 Å². The van der Waals surface area contributed by atoms with Crippen LogP contribution < -0.4 is 10.9 Å². The second-order valence-corrected chi connectivity index (χ2v) is 7.63. The standard InChI is InChI=1S/C24H22ClN3O/c1-16(17-6-8-18(9-7-17)19-10-12-20(25)13-11-19)14-15-26-23-21-4-2-3-5-22(21)24(29)28-27-23/h2-13,16H,14-15H2,1H3,(H,26,27)(H,28,29). The molecule has 0 aliphatic rings. The Hall–Kier alpha value is -3.11. The van der Waals surface area contributed by atoms with Crippen molar-refractivity contribution in [2.45, 2.75) is 19.3 Å². The molecule has 0 aliphatic heterocycles. The average Bonchev–Trinajstić information content (AvgIpc) is 2.76. The van der Waals surface area contributed by atoms with Gasteiger partial charge >= 0.3 is 0 Å².